The Hall–Kier alpha value is -1.68. The minimum atomic E-state index is -0.0936. The number of halogens is 1. The van der Waals surface area contributed by atoms with Crippen molar-refractivity contribution >= 4 is 21.8 Å². The number of aromatic nitrogens is 1. The second kappa shape index (κ2) is 6.39. The summed E-state index contributed by atoms with van der Waals surface area (Å²) in [6.07, 6.45) is 2.40. The Kier molecular flexibility index (Phi) is 4.34. The second-order valence-electron chi connectivity index (χ2n) is 5.34. The van der Waals surface area contributed by atoms with Crippen molar-refractivity contribution in [1.82, 2.24) is 9.88 Å². The van der Waals surface area contributed by atoms with Gasteiger partial charge in [-0.1, -0.05) is 52.3 Å². The number of alkyl halides is 1. The maximum absolute atomic E-state index is 12.4. The number of rotatable bonds is 4. The molecule has 3 rings (SSSR count). The summed E-state index contributed by atoms with van der Waals surface area (Å²) in [5.74, 6) is 0.589. The van der Waals surface area contributed by atoms with Gasteiger partial charge in [-0.3, -0.25) is 9.78 Å². The molecule has 1 aliphatic heterocycles. The standard InChI is InChI=1S/C17H17BrN2O/c18-11-13-10-16(21)20(12-13)17(14-6-2-1-3-7-14)15-8-4-5-9-19-15/h1-9,13,17H,10-12H2. The van der Waals surface area contributed by atoms with E-state index in [0.717, 1.165) is 23.1 Å². The van der Waals surface area contributed by atoms with Crippen molar-refractivity contribution in [2.45, 2.75) is 12.5 Å². The first kappa shape index (κ1) is 14.3. The highest BCUT2D eigenvalue weighted by Gasteiger charge is 2.35. The third-order valence-electron chi connectivity index (χ3n) is 3.85. The van der Waals surface area contributed by atoms with E-state index in [4.69, 9.17) is 0 Å². The van der Waals surface area contributed by atoms with Gasteiger partial charge in [-0.25, -0.2) is 0 Å². The molecule has 1 aromatic heterocycles. The van der Waals surface area contributed by atoms with Gasteiger partial charge < -0.3 is 4.90 Å². The smallest absolute Gasteiger partial charge is 0.223 e. The van der Waals surface area contributed by atoms with Crippen LogP contribution in [0, 0.1) is 5.92 Å². The molecule has 0 bridgehead atoms. The number of hydrogen-bond donors (Lipinski definition) is 0. The number of amides is 1. The molecule has 0 N–H and O–H groups in total. The van der Waals surface area contributed by atoms with Crippen molar-refractivity contribution < 1.29 is 4.79 Å². The summed E-state index contributed by atoms with van der Waals surface area (Å²) in [6.45, 7) is 0.778. The molecule has 1 aliphatic rings. The Morgan fingerprint density at radius 1 is 1.19 bits per heavy atom. The lowest BCUT2D eigenvalue weighted by Gasteiger charge is -2.28. The zero-order valence-electron chi connectivity index (χ0n) is 11.7. The Bertz CT molecular complexity index is 563. The van der Waals surface area contributed by atoms with Crippen LogP contribution in [0.15, 0.2) is 54.7 Å². The topological polar surface area (TPSA) is 33.2 Å². The number of carbonyl (C=O) groups excluding carboxylic acids is 1. The molecule has 2 unspecified atom stereocenters. The Morgan fingerprint density at radius 2 is 1.95 bits per heavy atom. The molecule has 0 aliphatic carbocycles. The summed E-state index contributed by atoms with van der Waals surface area (Å²) in [4.78, 5) is 18.9. The molecule has 0 radical (unpaired) electrons. The average Bonchev–Trinajstić information content (AvgIpc) is 2.91. The minimum Gasteiger partial charge on any atom is -0.330 e. The predicted octanol–water partition coefficient (Wildman–Crippen LogP) is 3.41. The van der Waals surface area contributed by atoms with Crippen molar-refractivity contribution in [3.05, 3.63) is 66.0 Å². The van der Waals surface area contributed by atoms with Gasteiger partial charge in [0.15, 0.2) is 0 Å². The fraction of sp³-hybridized carbons (Fsp3) is 0.294. The van der Waals surface area contributed by atoms with Gasteiger partial charge in [0, 0.05) is 24.5 Å². The van der Waals surface area contributed by atoms with Crippen molar-refractivity contribution in [3.8, 4) is 0 Å². The number of nitrogens with zero attached hydrogens (tertiary/aromatic N) is 2. The van der Waals surface area contributed by atoms with E-state index in [1.807, 2.05) is 41.3 Å². The fourth-order valence-electron chi connectivity index (χ4n) is 2.84. The largest absolute Gasteiger partial charge is 0.330 e. The van der Waals surface area contributed by atoms with Crippen LogP contribution in [-0.2, 0) is 4.79 Å². The van der Waals surface area contributed by atoms with E-state index in [0.29, 0.717) is 12.3 Å². The molecular weight excluding hydrogens is 328 g/mol. The molecule has 1 saturated heterocycles. The van der Waals surface area contributed by atoms with E-state index in [2.05, 4.69) is 33.0 Å². The summed E-state index contributed by atoms with van der Waals surface area (Å²) in [7, 11) is 0. The Balaban J connectivity index is 1.99. The van der Waals surface area contributed by atoms with E-state index in [1.165, 1.54) is 0 Å². The lowest BCUT2D eigenvalue weighted by molar-refractivity contribution is -0.129. The maximum atomic E-state index is 12.4. The zero-order chi connectivity index (χ0) is 14.7. The molecule has 1 fully saturated rings. The van der Waals surface area contributed by atoms with Crippen LogP contribution in [0.4, 0.5) is 0 Å². The second-order valence-corrected chi connectivity index (χ2v) is 5.99. The molecule has 0 saturated carbocycles. The first-order valence-electron chi connectivity index (χ1n) is 7.11. The summed E-state index contributed by atoms with van der Waals surface area (Å²) in [5.41, 5.74) is 2.03. The monoisotopic (exact) mass is 344 g/mol. The van der Waals surface area contributed by atoms with Gasteiger partial charge in [0.2, 0.25) is 5.91 Å². The third kappa shape index (κ3) is 3.00. The molecule has 2 atom stereocenters. The van der Waals surface area contributed by atoms with Crippen molar-refractivity contribution in [1.29, 1.82) is 0 Å². The van der Waals surface area contributed by atoms with E-state index < -0.39 is 0 Å². The van der Waals surface area contributed by atoms with Gasteiger partial charge in [0.1, 0.15) is 0 Å². The summed E-state index contributed by atoms with van der Waals surface area (Å²) >= 11 is 3.50. The van der Waals surface area contributed by atoms with Gasteiger partial charge >= 0.3 is 0 Å². The van der Waals surface area contributed by atoms with Crippen LogP contribution in [0.25, 0.3) is 0 Å². The van der Waals surface area contributed by atoms with Crippen LogP contribution in [0.2, 0.25) is 0 Å². The first-order chi connectivity index (χ1) is 10.3. The van der Waals surface area contributed by atoms with Crippen LogP contribution < -0.4 is 0 Å². The fourth-order valence-corrected chi connectivity index (χ4v) is 3.28. The molecule has 1 amide bonds. The van der Waals surface area contributed by atoms with Gasteiger partial charge in [-0.05, 0) is 23.6 Å². The summed E-state index contributed by atoms with van der Waals surface area (Å²) in [5, 5.41) is 0.860. The molecular formula is C17H17BrN2O. The van der Waals surface area contributed by atoms with E-state index >= 15 is 0 Å². The quantitative estimate of drug-likeness (QED) is 0.796. The van der Waals surface area contributed by atoms with Gasteiger partial charge in [0.25, 0.3) is 0 Å². The number of benzene rings is 1. The first-order valence-corrected chi connectivity index (χ1v) is 8.23. The van der Waals surface area contributed by atoms with E-state index in [1.54, 1.807) is 6.20 Å². The molecule has 2 aromatic rings. The lowest BCUT2D eigenvalue weighted by atomic mass is 10.0. The highest BCUT2D eigenvalue weighted by atomic mass is 79.9. The number of likely N-dealkylation sites (tertiary alicyclic amines) is 1. The average molecular weight is 345 g/mol. The van der Waals surface area contributed by atoms with Gasteiger partial charge in [-0.2, -0.15) is 0 Å². The van der Waals surface area contributed by atoms with Crippen LogP contribution in [0.1, 0.15) is 23.7 Å². The van der Waals surface area contributed by atoms with Crippen LogP contribution in [0.5, 0.6) is 0 Å². The maximum Gasteiger partial charge on any atom is 0.223 e. The van der Waals surface area contributed by atoms with E-state index in [-0.39, 0.29) is 11.9 Å². The number of carbonyl (C=O) groups is 1. The lowest BCUT2D eigenvalue weighted by Crippen LogP contribution is -2.31. The SMILES string of the molecule is O=C1CC(CBr)CN1C(c1ccccc1)c1ccccn1. The molecule has 1 aromatic carbocycles. The molecule has 3 nitrogen and oxygen atoms in total. The third-order valence-corrected chi connectivity index (χ3v) is 4.77. The molecule has 2 heterocycles. The van der Waals surface area contributed by atoms with Crippen molar-refractivity contribution in [2.75, 3.05) is 11.9 Å². The van der Waals surface area contributed by atoms with Crippen LogP contribution in [-0.4, -0.2) is 27.7 Å². The molecule has 108 valence electrons. The Labute approximate surface area is 133 Å². The Morgan fingerprint density at radius 3 is 2.57 bits per heavy atom. The van der Waals surface area contributed by atoms with Crippen molar-refractivity contribution in [3.63, 3.8) is 0 Å². The summed E-state index contributed by atoms with van der Waals surface area (Å²) < 4.78 is 0. The van der Waals surface area contributed by atoms with Gasteiger partial charge in [-0.15, -0.1) is 0 Å². The highest BCUT2D eigenvalue weighted by molar-refractivity contribution is 9.09. The molecule has 0 spiro atoms. The highest BCUT2D eigenvalue weighted by Crippen LogP contribution is 2.33. The minimum absolute atomic E-state index is 0.0936. The normalized spacial score (nSPS) is 19.8. The summed E-state index contributed by atoms with van der Waals surface area (Å²) in [6, 6.07) is 15.9. The predicted molar refractivity (Wildman–Crippen MR) is 86.1 cm³/mol. The number of pyridine rings is 1. The van der Waals surface area contributed by atoms with Gasteiger partial charge in [0.05, 0.1) is 11.7 Å². The van der Waals surface area contributed by atoms with Crippen molar-refractivity contribution in [2.24, 2.45) is 5.92 Å². The molecule has 21 heavy (non-hydrogen) atoms. The van der Waals surface area contributed by atoms with Crippen LogP contribution in [0.3, 0.4) is 0 Å². The van der Waals surface area contributed by atoms with Crippen LogP contribution >= 0.6 is 15.9 Å². The van der Waals surface area contributed by atoms with E-state index in [9.17, 15) is 4.79 Å². The molecule has 4 heteroatoms. The number of hydrogen-bond acceptors (Lipinski definition) is 2. The zero-order valence-corrected chi connectivity index (χ0v) is 13.2.